The van der Waals surface area contributed by atoms with Crippen molar-refractivity contribution in [1.29, 1.82) is 0 Å². The van der Waals surface area contributed by atoms with Gasteiger partial charge in [-0.15, -0.1) is 0 Å². The number of hydrogen-bond donors (Lipinski definition) is 0. The van der Waals surface area contributed by atoms with Gasteiger partial charge >= 0.3 is 0 Å². The molecular weight excluding hydrogens is 334 g/mol. The van der Waals surface area contributed by atoms with E-state index < -0.39 is 16.1 Å². The average molecular weight is 350 g/mol. The van der Waals surface area contributed by atoms with Crippen molar-refractivity contribution in [3.63, 3.8) is 0 Å². The molecule has 0 aromatic heterocycles. The first-order valence-corrected chi connectivity index (χ1v) is 8.44. The molecule has 2 aromatic rings. The number of anilines is 1. The minimum atomic E-state index is -4.42. The van der Waals surface area contributed by atoms with Gasteiger partial charge in [-0.3, -0.25) is 0 Å². The zero-order valence-corrected chi connectivity index (χ0v) is 13.7. The van der Waals surface area contributed by atoms with Crippen LogP contribution in [0.25, 0.3) is 0 Å². The number of para-hydroxylation sites is 2. The van der Waals surface area contributed by atoms with E-state index in [-0.39, 0.29) is 33.9 Å². The molecule has 0 spiro atoms. The number of benzene rings is 2. The van der Waals surface area contributed by atoms with Crippen LogP contribution in [0.4, 0.5) is 10.5 Å². The van der Waals surface area contributed by atoms with Crippen LogP contribution in [0, 0.1) is 0 Å². The van der Waals surface area contributed by atoms with Crippen LogP contribution in [0.5, 0.6) is 5.75 Å². The van der Waals surface area contributed by atoms with Crippen molar-refractivity contribution in [3.05, 3.63) is 54.6 Å². The molecule has 0 unspecified atom stereocenters. The number of amides is 1. The predicted octanol–water partition coefficient (Wildman–Crippen LogP) is 1.25. The second kappa shape index (κ2) is 7.80. The van der Waals surface area contributed by atoms with E-state index in [4.69, 9.17) is 9.47 Å². The Bertz CT molecular complexity index is 791. The van der Waals surface area contributed by atoms with Crippen LogP contribution in [0.2, 0.25) is 0 Å². The zero-order valence-electron chi connectivity index (χ0n) is 12.9. The summed E-state index contributed by atoms with van der Waals surface area (Å²) in [5.41, 5.74) is -0.0378. The van der Waals surface area contributed by atoms with Crippen molar-refractivity contribution < 1.29 is 27.8 Å². The third kappa shape index (κ3) is 3.84. The quantitative estimate of drug-likeness (QED) is 0.697. The van der Waals surface area contributed by atoms with E-state index in [0.717, 1.165) is 0 Å². The fraction of sp³-hybridized carbons (Fsp3) is 0.188. The Morgan fingerprint density at radius 3 is 2.29 bits per heavy atom. The number of ether oxygens (including phenoxy) is 2. The molecule has 8 heteroatoms. The summed E-state index contributed by atoms with van der Waals surface area (Å²) in [4.78, 5) is 11.2. The number of methoxy groups -OCH3 is 1. The highest BCUT2D eigenvalue weighted by atomic mass is 32.2. The minimum Gasteiger partial charge on any atom is -0.529 e. The molecular formula is C16H16NO6S-. The summed E-state index contributed by atoms with van der Waals surface area (Å²) in [6.07, 6.45) is -1.85. The third-order valence-corrected chi connectivity index (χ3v) is 4.80. The van der Waals surface area contributed by atoms with Gasteiger partial charge in [0, 0.05) is 7.11 Å². The predicted molar refractivity (Wildman–Crippen MR) is 85.3 cm³/mol. The lowest BCUT2D eigenvalue weighted by atomic mass is 10.3. The van der Waals surface area contributed by atoms with E-state index in [9.17, 15) is 18.3 Å². The maximum atomic E-state index is 12.8. The summed E-state index contributed by atoms with van der Waals surface area (Å²) in [6.45, 7) is 0.386. The Kier molecular flexibility index (Phi) is 5.78. The first kappa shape index (κ1) is 17.8. The number of hydrogen-bond acceptors (Lipinski definition) is 6. The molecule has 0 aliphatic heterocycles. The first-order chi connectivity index (χ1) is 11.5. The lowest BCUT2D eigenvalue weighted by Gasteiger charge is -2.25. The maximum absolute atomic E-state index is 12.8. The topological polar surface area (TPSA) is 96.0 Å². The van der Waals surface area contributed by atoms with Crippen molar-refractivity contribution in [2.75, 3.05) is 24.6 Å². The summed E-state index contributed by atoms with van der Waals surface area (Å²) in [5, 5.41) is 11.5. The van der Waals surface area contributed by atoms with Gasteiger partial charge in [-0.25, -0.2) is 12.7 Å². The molecule has 0 saturated heterocycles. The highest BCUT2D eigenvalue weighted by Gasteiger charge is 2.29. The van der Waals surface area contributed by atoms with E-state index >= 15 is 0 Å². The lowest BCUT2D eigenvalue weighted by Crippen LogP contribution is -2.45. The van der Waals surface area contributed by atoms with Crippen LogP contribution in [0.3, 0.4) is 0 Å². The molecule has 1 amide bonds. The van der Waals surface area contributed by atoms with Crippen molar-refractivity contribution in [1.82, 2.24) is 0 Å². The number of carboxylic acid groups (broad SMARTS) is 1. The number of carbonyl (C=O) groups excluding carboxylic acids is 1. The molecule has 0 radical (unpaired) electrons. The van der Waals surface area contributed by atoms with Gasteiger partial charge in [-0.1, -0.05) is 30.3 Å². The van der Waals surface area contributed by atoms with Crippen molar-refractivity contribution >= 4 is 21.8 Å². The largest absolute Gasteiger partial charge is 0.529 e. The summed E-state index contributed by atoms with van der Waals surface area (Å²) >= 11 is 0. The van der Waals surface area contributed by atoms with E-state index in [1.54, 1.807) is 12.1 Å². The second-order valence-corrected chi connectivity index (χ2v) is 6.41. The van der Waals surface area contributed by atoms with Gasteiger partial charge < -0.3 is 19.4 Å². The number of nitrogens with zero attached hydrogens (tertiary/aromatic N) is 1. The molecule has 0 heterocycles. The zero-order chi connectivity index (χ0) is 17.6. The van der Waals surface area contributed by atoms with E-state index in [0.29, 0.717) is 0 Å². The SMILES string of the molecule is COCCOc1ccccc1S(=O)(=O)N(C(=O)[O-])c1ccccc1. The molecule has 0 aliphatic carbocycles. The van der Waals surface area contributed by atoms with E-state index in [1.807, 2.05) is 0 Å². The molecule has 0 atom stereocenters. The highest BCUT2D eigenvalue weighted by molar-refractivity contribution is 7.93. The van der Waals surface area contributed by atoms with Crippen LogP contribution in [-0.4, -0.2) is 34.8 Å². The molecule has 2 rings (SSSR count). The maximum Gasteiger partial charge on any atom is 0.273 e. The van der Waals surface area contributed by atoms with Crippen molar-refractivity contribution in [2.24, 2.45) is 0 Å². The molecule has 2 aromatic carbocycles. The average Bonchev–Trinajstić information content (AvgIpc) is 2.56. The Hall–Kier alpha value is -2.58. The third-order valence-electron chi connectivity index (χ3n) is 3.07. The van der Waals surface area contributed by atoms with Gasteiger partial charge in [0.05, 0.1) is 12.3 Å². The van der Waals surface area contributed by atoms with Crippen LogP contribution in [-0.2, 0) is 14.8 Å². The monoisotopic (exact) mass is 350 g/mol. The summed E-state index contributed by atoms with van der Waals surface area (Å²) < 4.78 is 36.1. The lowest BCUT2D eigenvalue weighted by molar-refractivity contribution is -0.244. The van der Waals surface area contributed by atoms with Crippen molar-refractivity contribution in [2.45, 2.75) is 4.90 Å². The van der Waals surface area contributed by atoms with Gasteiger partial charge in [-0.2, -0.15) is 0 Å². The Morgan fingerprint density at radius 2 is 1.67 bits per heavy atom. The van der Waals surface area contributed by atoms with Gasteiger partial charge in [0.1, 0.15) is 17.3 Å². The van der Waals surface area contributed by atoms with Crippen LogP contribution < -0.4 is 14.1 Å². The fourth-order valence-electron chi connectivity index (χ4n) is 2.02. The summed E-state index contributed by atoms with van der Waals surface area (Å²) in [5.74, 6) is 0.0386. The molecule has 7 nitrogen and oxygen atoms in total. The summed E-state index contributed by atoms with van der Waals surface area (Å²) in [6, 6.07) is 13.2. The van der Waals surface area contributed by atoms with Gasteiger partial charge in [0.15, 0.2) is 6.09 Å². The van der Waals surface area contributed by atoms with Crippen LogP contribution in [0.1, 0.15) is 0 Å². The van der Waals surface area contributed by atoms with Gasteiger partial charge in [0.25, 0.3) is 10.0 Å². The fourth-order valence-corrected chi connectivity index (χ4v) is 3.45. The Morgan fingerprint density at radius 1 is 1.04 bits per heavy atom. The molecule has 0 bridgehead atoms. The minimum absolute atomic E-state index is 0.0378. The van der Waals surface area contributed by atoms with Crippen LogP contribution in [0.15, 0.2) is 59.5 Å². The van der Waals surface area contributed by atoms with Gasteiger partial charge in [-0.05, 0) is 24.3 Å². The molecule has 0 N–H and O–H groups in total. The molecule has 0 aliphatic rings. The second-order valence-electron chi connectivity index (χ2n) is 4.66. The van der Waals surface area contributed by atoms with E-state index in [1.165, 1.54) is 49.6 Å². The summed E-state index contributed by atoms with van der Waals surface area (Å²) in [7, 11) is -2.93. The Balaban J connectivity index is 2.47. The number of rotatable bonds is 7. The molecule has 24 heavy (non-hydrogen) atoms. The van der Waals surface area contributed by atoms with Crippen molar-refractivity contribution in [3.8, 4) is 5.75 Å². The smallest absolute Gasteiger partial charge is 0.273 e. The normalized spacial score (nSPS) is 11.0. The Labute approximate surface area is 140 Å². The number of carbonyl (C=O) groups is 1. The molecule has 0 fully saturated rings. The van der Waals surface area contributed by atoms with Crippen LogP contribution >= 0.6 is 0 Å². The molecule has 128 valence electrons. The first-order valence-electron chi connectivity index (χ1n) is 7.00. The standard InChI is InChI=1S/C16H17NO6S/c1-22-11-12-23-14-9-5-6-10-15(14)24(20,21)17(16(18)19)13-7-3-2-4-8-13/h2-10H,11-12H2,1H3,(H,18,19)/p-1. The number of sulfonamides is 1. The van der Waals surface area contributed by atoms with Gasteiger partial charge in [0.2, 0.25) is 0 Å². The highest BCUT2D eigenvalue weighted by Crippen LogP contribution is 2.29. The van der Waals surface area contributed by atoms with E-state index in [2.05, 4.69) is 0 Å². The molecule has 0 saturated carbocycles.